The van der Waals surface area contributed by atoms with Crippen molar-refractivity contribution in [3.8, 4) is 11.1 Å². The summed E-state index contributed by atoms with van der Waals surface area (Å²) in [5, 5.41) is 7.54. The summed E-state index contributed by atoms with van der Waals surface area (Å²) in [6.07, 6.45) is 1.57. The van der Waals surface area contributed by atoms with Gasteiger partial charge in [-0.05, 0) is 62.6 Å². The van der Waals surface area contributed by atoms with Gasteiger partial charge in [-0.1, -0.05) is 24.3 Å². The number of anilines is 1. The van der Waals surface area contributed by atoms with Crippen LogP contribution in [0.3, 0.4) is 0 Å². The lowest BCUT2D eigenvalue weighted by molar-refractivity contribution is 0.102. The quantitative estimate of drug-likeness (QED) is 0.536. The van der Waals surface area contributed by atoms with Crippen LogP contribution >= 0.6 is 0 Å². The third kappa shape index (κ3) is 3.27. The minimum Gasteiger partial charge on any atom is -0.322 e. The molecule has 1 amide bonds. The molecule has 4 aromatic rings. The van der Waals surface area contributed by atoms with Crippen molar-refractivity contribution in [3.63, 3.8) is 0 Å². The molecule has 0 spiro atoms. The lowest BCUT2D eigenvalue weighted by Gasteiger charge is -2.12. The number of carbonyl (C=O) groups is 1. The number of rotatable bonds is 3. The highest BCUT2D eigenvalue weighted by molar-refractivity contribution is 6.05. The number of nitrogens with one attached hydrogen (secondary N) is 1. The van der Waals surface area contributed by atoms with Gasteiger partial charge in [0.1, 0.15) is 5.82 Å². The van der Waals surface area contributed by atoms with E-state index in [2.05, 4.69) is 15.4 Å². The molecule has 0 radical (unpaired) electrons. The Morgan fingerprint density at radius 3 is 2.48 bits per heavy atom. The number of aromatic nitrogens is 3. The number of benzene rings is 2. The molecule has 2 aromatic heterocycles. The van der Waals surface area contributed by atoms with Crippen LogP contribution in [0.25, 0.3) is 16.8 Å². The molecule has 0 saturated carbocycles. The van der Waals surface area contributed by atoms with Crippen molar-refractivity contribution in [2.24, 2.45) is 0 Å². The number of carbonyl (C=O) groups excluding carboxylic acids is 1. The number of hydrogen-bond donors (Lipinski definition) is 1. The summed E-state index contributed by atoms with van der Waals surface area (Å²) in [5.74, 6) is -0.528. The first-order chi connectivity index (χ1) is 13.9. The zero-order valence-corrected chi connectivity index (χ0v) is 16.7. The number of nitrogens with zero attached hydrogens (tertiary/aromatic N) is 3. The SMILES string of the molecule is Cc1cccc(NC(=O)c2cnc3c(-c4ccc(F)cc4)c(C)nn3c2C)c1C. The van der Waals surface area contributed by atoms with E-state index < -0.39 is 0 Å². The van der Waals surface area contributed by atoms with Gasteiger partial charge in [0.2, 0.25) is 0 Å². The second-order valence-corrected chi connectivity index (χ2v) is 7.16. The predicted molar refractivity (Wildman–Crippen MR) is 112 cm³/mol. The highest BCUT2D eigenvalue weighted by Gasteiger charge is 2.19. The first kappa shape index (κ1) is 18.8. The Balaban J connectivity index is 1.76. The van der Waals surface area contributed by atoms with Crippen molar-refractivity contribution in [2.45, 2.75) is 27.7 Å². The molecule has 4 rings (SSSR count). The van der Waals surface area contributed by atoms with E-state index in [0.29, 0.717) is 16.9 Å². The van der Waals surface area contributed by atoms with Crippen LogP contribution in [0.4, 0.5) is 10.1 Å². The Kier molecular flexibility index (Phi) is 4.62. The Hall–Kier alpha value is -3.54. The number of amides is 1. The van der Waals surface area contributed by atoms with Gasteiger partial charge < -0.3 is 5.32 Å². The molecule has 2 aromatic carbocycles. The normalized spacial score (nSPS) is 11.1. The molecule has 29 heavy (non-hydrogen) atoms. The Bertz CT molecular complexity index is 1240. The maximum Gasteiger partial charge on any atom is 0.259 e. The Labute approximate surface area is 168 Å². The average molecular weight is 388 g/mol. The van der Waals surface area contributed by atoms with Gasteiger partial charge in [-0.15, -0.1) is 0 Å². The van der Waals surface area contributed by atoms with Gasteiger partial charge in [0.05, 0.1) is 17.0 Å². The van der Waals surface area contributed by atoms with Crippen LogP contribution in [0.15, 0.2) is 48.7 Å². The summed E-state index contributed by atoms with van der Waals surface area (Å²) in [4.78, 5) is 17.4. The number of hydrogen-bond acceptors (Lipinski definition) is 3. The van der Waals surface area contributed by atoms with Gasteiger partial charge in [0, 0.05) is 17.4 Å². The van der Waals surface area contributed by atoms with E-state index in [1.165, 1.54) is 12.1 Å². The average Bonchev–Trinajstić information content (AvgIpc) is 3.03. The van der Waals surface area contributed by atoms with E-state index in [1.807, 2.05) is 45.9 Å². The summed E-state index contributed by atoms with van der Waals surface area (Å²) in [6.45, 7) is 7.70. The van der Waals surface area contributed by atoms with Crippen LogP contribution in [0.1, 0.15) is 32.9 Å². The number of halogens is 1. The summed E-state index contributed by atoms with van der Waals surface area (Å²) in [6, 6.07) is 12.0. The molecule has 1 N–H and O–H groups in total. The summed E-state index contributed by atoms with van der Waals surface area (Å²) < 4.78 is 15.0. The van der Waals surface area contributed by atoms with Crippen LogP contribution in [0.5, 0.6) is 0 Å². The largest absolute Gasteiger partial charge is 0.322 e. The van der Waals surface area contributed by atoms with E-state index in [4.69, 9.17) is 0 Å². The van der Waals surface area contributed by atoms with Crippen LogP contribution < -0.4 is 5.32 Å². The third-order valence-electron chi connectivity index (χ3n) is 5.29. The number of aryl methyl sites for hydroxylation is 3. The molecule has 146 valence electrons. The van der Waals surface area contributed by atoms with E-state index in [0.717, 1.165) is 33.6 Å². The zero-order valence-electron chi connectivity index (χ0n) is 16.7. The van der Waals surface area contributed by atoms with E-state index in [1.54, 1.807) is 22.8 Å². The smallest absolute Gasteiger partial charge is 0.259 e. The highest BCUT2D eigenvalue weighted by atomic mass is 19.1. The summed E-state index contributed by atoms with van der Waals surface area (Å²) >= 11 is 0. The zero-order chi connectivity index (χ0) is 20.7. The van der Waals surface area contributed by atoms with Crippen molar-refractivity contribution < 1.29 is 9.18 Å². The number of fused-ring (bicyclic) bond motifs is 1. The van der Waals surface area contributed by atoms with Crippen molar-refractivity contribution in [1.82, 2.24) is 14.6 Å². The van der Waals surface area contributed by atoms with Crippen molar-refractivity contribution in [3.05, 3.63) is 82.6 Å². The topological polar surface area (TPSA) is 59.3 Å². The van der Waals surface area contributed by atoms with Crippen LogP contribution in [0, 0.1) is 33.5 Å². The van der Waals surface area contributed by atoms with Gasteiger partial charge >= 0.3 is 0 Å². The van der Waals surface area contributed by atoms with Gasteiger partial charge in [-0.2, -0.15) is 5.10 Å². The van der Waals surface area contributed by atoms with Crippen molar-refractivity contribution >= 4 is 17.2 Å². The molecule has 2 heterocycles. The molecule has 0 aliphatic heterocycles. The van der Waals surface area contributed by atoms with E-state index in [-0.39, 0.29) is 11.7 Å². The summed E-state index contributed by atoms with van der Waals surface area (Å²) in [7, 11) is 0. The van der Waals surface area contributed by atoms with Crippen LogP contribution in [0.2, 0.25) is 0 Å². The van der Waals surface area contributed by atoms with Crippen molar-refractivity contribution in [1.29, 1.82) is 0 Å². The fraction of sp³-hybridized carbons (Fsp3) is 0.174. The van der Waals surface area contributed by atoms with Crippen LogP contribution in [-0.4, -0.2) is 20.5 Å². The minimum atomic E-state index is -0.294. The monoisotopic (exact) mass is 388 g/mol. The first-order valence-electron chi connectivity index (χ1n) is 9.35. The molecule has 0 atom stereocenters. The molecule has 0 fully saturated rings. The van der Waals surface area contributed by atoms with Gasteiger partial charge in [0.25, 0.3) is 5.91 Å². The second kappa shape index (κ2) is 7.13. The maximum absolute atomic E-state index is 13.3. The molecule has 0 unspecified atom stereocenters. The van der Waals surface area contributed by atoms with E-state index in [9.17, 15) is 9.18 Å². The fourth-order valence-corrected chi connectivity index (χ4v) is 3.45. The van der Waals surface area contributed by atoms with Gasteiger partial charge in [0.15, 0.2) is 5.65 Å². The van der Waals surface area contributed by atoms with Crippen molar-refractivity contribution in [2.75, 3.05) is 5.32 Å². The maximum atomic E-state index is 13.3. The molecule has 0 bridgehead atoms. The third-order valence-corrected chi connectivity index (χ3v) is 5.29. The predicted octanol–water partition coefficient (Wildman–Crippen LogP) is 5.02. The standard InChI is InChI=1S/C23H21FN4O/c1-13-6-5-7-20(14(13)2)26-23(29)19-12-25-22-21(15(3)27-28(22)16(19)4)17-8-10-18(24)11-9-17/h5-12H,1-4H3,(H,26,29). The molecular formula is C23H21FN4O. The van der Waals surface area contributed by atoms with E-state index >= 15 is 0 Å². The first-order valence-corrected chi connectivity index (χ1v) is 9.35. The summed E-state index contributed by atoms with van der Waals surface area (Å²) in [5.41, 5.74) is 7.11. The molecule has 6 heteroatoms. The second-order valence-electron chi connectivity index (χ2n) is 7.16. The molecular weight excluding hydrogens is 367 g/mol. The lowest BCUT2D eigenvalue weighted by Crippen LogP contribution is -2.17. The van der Waals surface area contributed by atoms with Gasteiger partial charge in [-0.25, -0.2) is 13.9 Å². The molecule has 0 aliphatic rings. The minimum absolute atomic E-state index is 0.234. The van der Waals surface area contributed by atoms with Gasteiger partial charge in [-0.3, -0.25) is 4.79 Å². The lowest BCUT2D eigenvalue weighted by atomic mass is 10.1. The Morgan fingerprint density at radius 1 is 1.03 bits per heavy atom. The fourth-order valence-electron chi connectivity index (χ4n) is 3.45. The molecule has 0 aliphatic carbocycles. The Morgan fingerprint density at radius 2 is 1.76 bits per heavy atom. The molecule has 5 nitrogen and oxygen atoms in total. The highest BCUT2D eigenvalue weighted by Crippen LogP contribution is 2.28. The molecule has 0 saturated heterocycles. The van der Waals surface area contributed by atoms with Crippen LogP contribution in [-0.2, 0) is 0 Å².